The van der Waals surface area contributed by atoms with Gasteiger partial charge in [0.15, 0.2) is 0 Å². The third-order valence-electron chi connectivity index (χ3n) is 4.87. The fourth-order valence-corrected chi connectivity index (χ4v) is 3.43. The molecule has 128 valence electrons. The van der Waals surface area contributed by atoms with Crippen LogP contribution in [0.4, 0.5) is 0 Å². The van der Waals surface area contributed by atoms with Crippen LogP contribution in [0.5, 0.6) is 0 Å². The number of hydrogen-bond donors (Lipinski definition) is 2. The summed E-state index contributed by atoms with van der Waals surface area (Å²) in [5.41, 5.74) is 3.11. The van der Waals surface area contributed by atoms with Crippen LogP contribution in [0.2, 0.25) is 0 Å². The smallest absolute Gasteiger partial charge is 0.224 e. The van der Waals surface area contributed by atoms with E-state index in [4.69, 9.17) is 4.52 Å². The Morgan fingerprint density at radius 3 is 2.58 bits per heavy atom. The van der Waals surface area contributed by atoms with Crippen LogP contribution in [0.1, 0.15) is 35.4 Å². The van der Waals surface area contributed by atoms with Crippen LogP contribution in [0, 0.1) is 13.8 Å². The molecule has 0 spiro atoms. The number of carbonyl (C=O) groups is 1. The monoisotopic (exact) mass is 328 g/mol. The molecule has 2 aromatic rings. The molecule has 0 saturated carbocycles. The van der Waals surface area contributed by atoms with Gasteiger partial charge in [0.25, 0.3) is 0 Å². The van der Waals surface area contributed by atoms with Gasteiger partial charge in [0.05, 0.1) is 25.2 Å². The van der Waals surface area contributed by atoms with Crippen LogP contribution in [0.25, 0.3) is 0 Å². The van der Waals surface area contributed by atoms with Crippen LogP contribution >= 0.6 is 0 Å². The lowest BCUT2D eigenvalue weighted by molar-refractivity contribution is -0.918. The van der Waals surface area contributed by atoms with Crippen molar-refractivity contribution in [2.24, 2.45) is 0 Å². The van der Waals surface area contributed by atoms with Gasteiger partial charge in [-0.25, -0.2) is 0 Å². The number of aromatic nitrogens is 1. The van der Waals surface area contributed by atoms with Gasteiger partial charge in [-0.1, -0.05) is 35.5 Å². The van der Waals surface area contributed by atoms with Crippen molar-refractivity contribution in [1.29, 1.82) is 0 Å². The van der Waals surface area contributed by atoms with E-state index in [0.717, 1.165) is 49.5 Å². The Labute approximate surface area is 143 Å². The highest BCUT2D eigenvalue weighted by molar-refractivity contribution is 5.79. The molecule has 1 aromatic heterocycles. The fourth-order valence-electron chi connectivity index (χ4n) is 3.43. The minimum Gasteiger partial charge on any atom is -0.361 e. The number of hydrogen-bond acceptors (Lipinski definition) is 3. The summed E-state index contributed by atoms with van der Waals surface area (Å²) < 4.78 is 5.12. The van der Waals surface area contributed by atoms with E-state index in [2.05, 4.69) is 40.8 Å². The maximum Gasteiger partial charge on any atom is 0.224 e. The molecular weight excluding hydrogens is 302 g/mol. The lowest BCUT2D eigenvalue weighted by Gasteiger charge is -2.29. The molecule has 0 bridgehead atoms. The van der Waals surface area contributed by atoms with E-state index >= 15 is 0 Å². The number of nitrogens with zero attached hydrogens (tertiary/aromatic N) is 1. The van der Waals surface area contributed by atoms with E-state index in [1.54, 1.807) is 4.90 Å². The van der Waals surface area contributed by atoms with Gasteiger partial charge in [-0.05, 0) is 13.8 Å². The normalized spacial score (nSPS) is 20.8. The Balaban J connectivity index is 1.44. The van der Waals surface area contributed by atoms with E-state index in [-0.39, 0.29) is 11.9 Å². The molecule has 1 aromatic carbocycles. The van der Waals surface area contributed by atoms with Crippen molar-refractivity contribution in [3.63, 3.8) is 0 Å². The van der Waals surface area contributed by atoms with E-state index < -0.39 is 0 Å². The van der Waals surface area contributed by atoms with Crippen molar-refractivity contribution >= 4 is 5.91 Å². The van der Waals surface area contributed by atoms with Crippen molar-refractivity contribution < 1.29 is 14.2 Å². The lowest BCUT2D eigenvalue weighted by atomic mass is 10.0. The highest BCUT2D eigenvalue weighted by atomic mass is 16.5. The summed E-state index contributed by atoms with van der Waals surface area (Å²) in [6.45, 7) is 7.01. The largest absolute Gasteiger partial charge is 0.361 e. The molecule has 1 aliphatic rings. The maximum atomic E-state index is 12.3. The number of aryl methyl sites for hydroxylation is 2. The summed E-state index contributed by atoms with van der Waals surface area (Å²) >= 11 is 0. The van der Waals surface area contributed by atoms with Crippen LogP contribution in [-0.4, -0.2) is 30.2 Å². The standard InChI is InChI=1S/C19H25N3O2/c1-14-18(15(2)24-21-14)12-19(23)20-17-8-10-22(11-9-17)13-16-6-4-3-5-7-16/h3-7,17H,8-13H2,1-2H3,(H,20,23)/p+1. The second-order valence-corrected chi connectivity index (χ2v) is 6.73. The summed E-state index contributed by atoms with van der Waals surface area (Å²) in [6.07, 6.45) is 2.43. The number of amides is 1. The maximum absolute atomic E-state index is 12.3. The molecule has 1 fully saturated rings. The van der Waals surface area contributed by atoms with E-state index in [1.165, 1.54) is 5.56 Å². The predicted molar refractivity (Wildman–Crippen MR) is 91.7 cm³/mol. The molecular formula is C19H26N3O2+. The molecule has 1 saturated heterocycles. The summed E-state index contributed by atoms with van der Waals surface area (Å²) in [6, 6.07) is 10.9. The zero-order chi connectivity index (χ0) is 16.9. The van der Waals surface area contributed by atoms with Gasteiger partial charge in [0.2, 0.25) is 5.91 Å². The van der Waals surface area contributed by atoms with Crippen LogP contribution < -0.4 is 10.2 Å². The zero-order valence-electron chi connectivity index (χ0n) is 14.5. The Morgan fingerprint density at radius 2 is 1.96 bits per heavy atom. The van der Waals surface area contributed by atoms with Crippen molar-refractivity contribution in [1.82, 2.24) is 10.5 Å². The predicted octanol–water partition coefficient (Wildman–Crippen LogP) is 1.20. The molecule has 0 unspecified atom stereocenters. The fraction of sp³-hybridized carbons (Fsp3) is 0.474. The topological polar surface area (TPSA) is 59.6 Å². The van der Waals surface area contributed by atoms with Gasteiger partial charge < -0.3 is 14.7 Å². The van der Waals surface area contributed by atoms with Crippen molar-refractivity contribution in [3.8, 4) is 0 Å². The molecule has 2 heterocycles. The molecule has 1 amide bonds. The molecule has 5 heteroatoms. The lowest BCUT2D eigenvalue weighted by Crippen LogP contribution is -3.12. The molecule has 1 aliphatic heterocycles. The summed E-state index contributed by atoms with van der Waals surface area (Å²) in [7, 11) is 0. The van der Waals surface area contributed by atoms with Crippen molar-refractivity contribution in [2.45, 2.75) is 45.7 Å². The Bertz CT molecular complexity index is 654. The second kappa shape index (κ2) is 7.62. The Kier molecular flexibility index (Phi) is 5.30. The van der Waals surface area contributed by atoms with Gasteiger partial charge in [-0.2, -0.15) is 0 Å². The first-order chi connectivity index (χ1) is 11.6. The first-order valence-corrected chi connectivity index (χ1v) is 8.70. The number of nitrogens with one attached hydrogen (secondary N) is 2. The molecule has 3 rings (SSSR count). The third kappa shape index (κ3) is 4.23. The molecule has 24 heavy (non-hydrogen) atoms. The number of carbonyl (C=O) groups excluding carboxylic acids is 1. The molecule has 0 aliphatic carbocycles. The molecule has 5 nitrogen and oxygen atoms in total. The molecule has 2 N–H and O–H groups in total. The van der Waals surface area contributed by atoms with Gasteiger partial charge >= 0.3 is 0 Å². The average molecular weight is 328 g/mol. The number of rotatable bonds is 5. The quantitative estimate of drug-likeness (QED) is 0.867. The van der Waals surface area contributed by atoms with Gasteiger partial charge in [-0.15, -0.1) is 0 Å². The molecule has 0 atom stereocenters. The van der Waals surface area contributed by atoms with Crippen LogP contribution in [0.15, 0.2) is 34.9 Å². The van der Waals surface area contributed by atoms with Crippen LogP contribution in [-0.2, 0) is 17.8 Å². The van der Waals surface area contributed by atoms with E-state index in [0.29, 0.717) is 6.42 Å². The number of piperidine rings is 1. The zero-order valence-corrected chi connectivity index (χ0v) is 14.5. The van der Waals surface area contributed by atoms with E-state index in [9.17, 15) is 4.79 Å². The SMILES string of the molecule is Cc1noc(C)c1CC(=O)NC1CC[NH+](Cc2ccccc2)CC1. The highest BCUT2D eigenvalue weighted by Crippen LogP contribution is 2.13. The van der Waals surface area contributed by atoms with E-state index in [1.807, 2.05) is 13.8 Å². The van der Waals surface area contributed by atoms with Crippen molar-refractivity contribution in [3.05, 3.63) is 52.9 Å². The number of likely N-dealkylation sites (tertiary alicyclic amines) is 1. The summed E-state index contributed by atoms with van der Waals surface area (Å²) in [5.74, 6) is 0.811. The van der Waals surface area contributed by atoms with Crippen molar-refractivity contribution in [2.75, 3.05) is 13.1 Å². The molecule has 0 radical (unpaired) electrons. The minimum absolute atomic E-state index is 0.0703. The first kappa shape index (κ1) is 16.7. The Morgan fingerprint density at radius 1 is 1.25 bits per heavy atom. The average Bonchev–Trinajstić information content (AvgIpc) is 2.89. The number of quaternary nitrogens is 1. The summed E-state index contributed by atoms with van der Waals surface area (Å²) in [4.78, 5) is 13.9. The highest BCUT2D eigenvalue weighted by Gasteiger charge is 2.24. The van der Waals surface area contributed by atoms with Gasteiger partial charge in [0, 0.05) is 30.0 Å². The minimum atomic E-state index is 0.0703. The van der Waals surface area contributed by atoms with Gasteiger partial charge in [-0.3, -0.25) is 4.79 Å². The third-order valence-corrected chi connectivity index (χ3v) is 4.87. The number of benzene rings is 1. The second-order valence-electron chi connectivity index (χ2n) is 6.73. The van der Waals surface area contributed by atoms with Gasteiger partial charge in [0.1, 0.15) is 12.3 Å². The van der Waals surface area contributed by atoms with Crippen LogP contribution in [0.3, 0.4) is 0 Å². The first-order valence-electron chi connectivity index (χ1n) is 8.70. The Hall–Kier alpha value is -2.14. The summed E-state index contributed by atoms with van der Waals surface area (Å²) in [5, 5.41) is 7.08.